The normalized spacial score (nSPS) is 21.7. The fraction of sp³-hybridized carbons (Fsp3) is 0.406. The van der Waals surface area contributed by atoms with Crippen molar-refractivity contribution < 1.29 is 19.5 Å². The lowest BCUT2D eigenvalue weighted by molar-refractivity contribution is -0.146. The molecule has 0 bridgehead atoms. The van der Waals surface area contributed by atoms with E-state index in [1.165, 1.54) is 11.8 Å². The predicted molar refractivity (Wildman–Crippen MR) is 162 cm³/mol. The number of carbonyl (C=O) groups is 3. The number of benzene rings is 3. The number of nitrogens with zero attached hydrogens (tertiary/aromatic N) is 2. The number of hydrogen-bond acceptors (Lipinski definition) is 4. The molecule has 3 unspecified atom stereocenters. The number of carbonyl (C=O) groups excluding carboxylic acids is 2. The number of amides is 2. The SMILES string of the molecule is CC(C)(C)CN1C(=O)C(CC(=O)N2CCCC(C(=O)O)C2)SC(c2cccc3ccccc23)c2cc(Cl)ccc21. The molecule has 0 aromatic heterocycles. The summed E-state index contributed by atoms with van der Waals surface area (Å²) in [5, 5.41) is 11.4. The van der Waals surface area contributed by atoms with Crippen molar-refractivity contribution in [2.24, 2.45) is 11.3 Å². The number of rotatable bonds is 5. The minimum atomic E-state index is -0.878. The molecule has 6 nitrogen and oxygen atoms in total. The highest BCUT2D eigenvalue weighted by Gasteiger charge is 2.40. The van der Waals surface area contributed by atoms with E-state index in [0.717, 1.165) is 27.6 Å². The first-order chi connectivity index (χ1) is 19.0. The molecule has 1 N–H and O–H groups in total. The van der Waals surface area contributed by atoms with Crippen LogP contribution in [0.15, 0.2) is 60.7 Å². The molecule has 1 saturated heterocycles. The summed E-state index contributed by atoms with van der Waals surface area (Å²) in [6, 6.07) is 20.1. The molecule has 1 fully saturated rings. The predicted octanol–water partition coefficient (Wildman–Crippen LogP) is 6.79. The average molecular weight is 579 g/mol. The van der Waals surface area contributed by atoms with Crippen LogP contribution in [-0.4, -0.2) is 52.7 Å². The molecule has 2 heterocycles. The van der Waals surface area contributed by atoms with E-state index in [2.05, 4.69) is 45.0 Å². The Hall–Kier alpha value is -3.03. The molecule has 0 aliphatic carbocycles. The lowest BCUT2D eigenvalue weighted by Crippen LogP contribution is -2.46. The molecule has 0 spiro atoms. The van der Waals surface area contributed by atoms with Gasteiger partial charge in [-0.2, -0.15) is 0 Å². The first kappa shape index (κ1) is 28.5. The van der Waals surface area contributed by atoms with Gasteiger partial charge in [-0.3, -0.25) is 14.4 Å². The third-order valence-electron chi connectivity index (χ3n) is 7.63. The van der Waals surface area contributed by atoms with Crippen LogP contribution in [0.5, 0.6) is 0 Å². The molecule has 0 radical (unpaired) electrons. The zero-order valence-electron chi connectivity index (χ0n) is 23.1. The van der Waals surface area contributed by atoms with Crippen molar-refractivity contribution in [1.29, 1.82) is 0 Å². The Kier molecular flexibility index (Phi) is 8.16. The van der Waals surface area contributed by atoms with E-state index >= 15 is 0 Å². The molecule has 2 aliphatic heterocycles. The van der Waals surface area contributed by atoms with Gasteiger partial charge in [-0.05, 0) is 58.4 Å². The zero-order chi connectivity index (χ0) is 28.6. The fourth-order valence-corrected chi connectivity index (χ4v) is 7.43. The van der Waals surface area contributed by atoms with E-state index in [-0.39, 0.29) is 35.4 Å². The van der Waals surface area contributed by atoms with Crippen molar-refractivity contribution in [3.05, 3.63) is 76.8 Å². The summed E-state index contributed by atoms with van der Waals surface area (Å²) in [6.07, 6.45) is 1.22. The van der Waals surface area contributed by atoms with Gasteiger partial charge in [-0.15, -0.1) is 11.8 Å². The fourth-order valence-electron chi connectivity index (χ4n) is 5.76. The van der Waals surface area contributed by atoms with Crippen LogP contribution in [0.25, 0.3) is 10.8 Å². The number of halogens is 1. The van der Waals surface area contributed by atoms with Crippen LogP contribution < -0.4 is 4.90 Å². The van der Waals surface area contributed by atoms with Gasteiger partial charge in [0.2, 0.25) is 11.8 Å². The number of thioether (sulfide) groups is 1. The first-order valence-electron chi connectivity index (χ1n) is 13.8. The molecule has 210 valence electrons. The van der Waals surface area contributed by atoms with Crippen LogP contribution in [-0.2, 0) is 14.4 Å². The summed E-state index contributed by atoms with van der Waals surface area (Å²) in [5.74, 6) is -1.72. The van der Waals surface area contributed by atoms with Crippen LogP contribution in [0.3, 0.4) is 0 Å². The van der Waals surface area contributed by atoms with Gasteiger partial charge in [-0.25, -0.2) is 0 Å². The van der Waals surface area contributed by atoms with Crippen molar-refractivity contribution in [3.8, 4) is 0 Å². The highest BCUT2D eigenvalue weighted by Crippen LogP contribution is 2.49. The van der Waals surface area contributed by atoms with Crippen LogP contribution in [0.4, 0.5) is 5.69 Å². The van der Waals surface area contributed by atoms with Crippen LogP contribution in [0.1, 0.15) is 56.4 Å². The largest absolute Gasteiger partial charge is 0.481 e. The summed E-state index contributed by atoms with van der Waals surface area (Å²) in [5.41, 5.74) is 2.64. The Bertz CT molecular complexity index is 1450. The number of carboxylic acids is 1. The van der Waals surface area contributed by atoms with Gasteiger partial charge in [-0.1, -0.05) is 74.8 Å². The number of fused-ring (bicyclic) bond motifs is 2. The Morgan fingerprint density at radius 1 is 1.05 bits per heavy atom. The monoisotopic (exact) mass is 578 g/mol. The number of hydrogen-bond donors (Lipinski definition) is 1. The van der Waals surface area contributed by atoms with Gasteiger partial charge in [0, 0.05) is 36.8 Å². The van der Waals surface area contributed by atoms with Crippen molar-refractivity contribution in [3.63, 3.8) is 0 Å². The van der Waals surface area contributed by atoms with Crippen molar-refractivity contribution in [2.45, 2.75) is 50.5 Å². The molecule has 40 heavy (non-hydrogen) atoms. The average Bonchev–Trinajstić information content (AvgIpc) is 3.02. The van der Waals surface area contributed by atoms with Crippen LogP contribution in [0.2, 0.25) is 5.02 Å². The maximum absolute atomic E-state index is 14.3. The van der Waals surface area contributed by atoms with Gasteiger partial charge in [0.1, 0.15) is 0 Å². The first-order valence-corrected chi connectivity index (χ1v) is 15.1. The molecule has 2 amide bonds. The molecule has 3 aromatic rings. The number of likely N-dealkylation sites (tertiary alicyclic amines) is 1. The van der Waals surface area contributed by atoms with E-state index in [4.69, 9.17) is 11.6 Å². The maximum Gasteiger partial charge on any atom is 0.308 e. The summed E-state index contributed by atoms with van der Waals surface area (Å²) in [7, 11) is 0. The smallest absolute Gasteiger partial charge is 0.308 e. The second-order valence-corrected chi connectivity index (χ2v) is 13.7. The summed E-state index contributed by atoms with van der Waals surface area (Å²) >= 11 is 8.05. The van der Waals surface area contributed by atoms with E-state index in [1.807, 2.05) is 41.3 Å². The molecule has 0 saturated carbocycles. The number of anilines is 1. The molecule has 8 heteroatoms. The quantitative estimate of drug-likeness (QED) is 0.361. The number of carboxylic acid groups (broad SMARTS) is 1. The zero-order valence-corrected chi connectivity index (χ0v) is 24.7. The number of aliphatic carboxylic acids is 1. The second-order valence-electron chi connectivity index (χ2n) is 12.0. The van der Waals surface area contributed by atoms with E-state index < -0.39 is 17.1 Å². The molecular weight excluding hydrogens is 544 g/mol. The molecule has 5 rings (SSSR count). The van der Waals surface area contributed by atoms with E-state index in [0.29, 0.717) is 31.0 Å². The van der Waals surface area contributed by atoms with E-state index in [1.54, 1.807) is 4.90 Å². The third-order valence-corrected chi connectivity index (χ3v) is 9.34. The van der Waals surface area contributed by atoms with Crippen LogP contribution >= 0.6 is 23.4 Å². The Labute approximate surface area is 244 Å². The lowest BCUT2D eigenvalue weighted by Gasteiger charge is -2.33. The minimum Gasteiger partial charge on any atom is -0.481 e. The molecule has 3 atom stereocenters. The summed E-state index contributed by atoms with van der Waals surface area (Å²) in [6.45, 7) is 7.47. The van der Waals surface area contributed by atoms with Gasteiger partial charge in [0.05, 0.1) is 16.4 Å². The second kappa shape index (κ2) is 11.5. The van der Waals surface area contributed by atoms with Gasteiger partial charge in [0.25, 0.3) is 0 Å². The molecular formula is C32H35ClN2O4S. The maximum atomic E-state index is 14.3. The third kappa shape index (κ3) is 6.01. The standard InChI is InChI=1S/C32H35ClN2O4S/c1-32(2,3)19-35-26-14-13-22(33)16-25(26)29(24-12-6-9-20-8-4-5-11-23(20)24)40-27(30(35)37)17-28(36)34-15-7-10-21(18-34)31(38)39/h4-6,8-9,11-14,16,21,27,29H,7,10,15,17-19H2,1-3H3,(H,38,39). The minimum absolute atomic E-state index is 0.0134. The molecule has 2 aliphatic rings. The highest BCUT2D eigenvalue weighted by atomic mass is 35.5. The van der Waals surface area contributed by atoms with Gasteiger partial charge in [0.15, 0.2) is 0 Å². The lowest BCUT2D eigenvalue weighted by atomic mass is 9.93. The van der Waals surface area contributed by atoms with Crippen LogP contribution in [0, 0.1) is 11.3 Å². The Morgan fingerprint density at radius 2 is 1.80 bits per heavy atom. The van der Waals surface area contributed by atoms with E-state index in [9.17, 15) is 19.5 Å². The van der Waals surface area contributed by atoms with Gasteiger partial charge < -0.3 is 14.9 Å². The highest BCUT2D eigenvalue weighted by molar-refractivity contribution is 8.01. The summed E-state index contributed by atoms with van der Waals surface area (Å²) < 4.78 is 0. The topological polar surface area (TPSA) is 77.9 Å². The van der Waals surface area contributed by atoms with Crippen molar-refractivity contribution in [1.82, 2.24) is 4.90 Å². The van der Waals surface area contributed by atoms with Crippen molar-refractivity contribution in [2.75, 3.05) is 24.5 Å². The summed E-state index contributed by atoms with van der Waals surface area (Å²) in [4.78, 5) is 43.0. The Morgan fingerprint density at radius 3 is 2.55 bits per heavy atom. The number of piperidine rings is 1. The Balaban J connectivity index is 1.59. The van der Waals surface area contributed by atoms with Crippen molar-refractivity contribution >= 4 is 57.6 Å². The molecule has 3 aromatic carbocycles. The van der Waals surface area contributed by atoms with Gasteiger partial charge >= 0.3 is 5.97 Å².